The van der Waals surface area contributed by atoms with Gasteiger partial charge in [-0.3, -0.25) is 9.59 Å². The molecule has 1 aliphatic heterocycles. The van der Waals surface area contributed by atoms with Crippen LogP contribution in [0.3, 0.4) is 0 Å². The van der Waals surface area contributed by atoms with Crippen LogP contribution in [-0.2, 0) is 4.79 Å². The number of hydrogen-bond donors (Lipinski definition) is 0. The molecular weight excluding hydrogens is 338 g/mol. The Morgan fingerprint density at radius 1 is 1.16 bits per heavy atom. The molecule has 7 heteroatoms. The molecule has 3 rings (SSSR count). The van der Waals surface area contributed by atoms with E-state index in [1.54, 1.807) is 17.2 Å². The quantitative estimate of drug-likeness (QED) is 0.825. The van der Waals surface area contributed by atoms with Gasteiger partial charge in [0.1, 0.15) is 5.69 Å². The molecule has 0 aliphatic carbocycles. The lowest BCUT2D eigenvalue weighted by atomic mass is 9.94. The molecule has 2 amide bonds. The largest absolute Gasteiger partial charge is 0.462 e. The van der Waals surface area contributed by atoms with Gasteiger partial charge in [0.15, 0.2) is 10.8 Å². The summed E-state index contributed by atoms with van der Waals surface area (Å²) in [6, 6.07) is 3.64. The Bertz CT molecular complexity index is 766. The van der Waals surface area contributed by atoms with Crippen LogP contribution >= 0.6 is 11.3 Å². The third kappa shape index (κ3) is 3.61. The van der Waals surface area contributed by atoms with Gasteiger partial charge in [0.05, 0.1) is 6.26 Å². The van der Waals surface area contributed by atoms with Crippen LogP contribution in [0.2, 0.25) is 0 Å². The van der Waals surface area contributed by atoms with Crippen molar-refractivity contribution in [1.82, 2.24) is 14.8 Å². The van der Waals surface area contributed by atoms with E-state index < -0.39 is 5.41 Å². The van der Waals surface area contributed by atoms with Crippen molar-refractivity contribution >= 4 is 23.2 Å². The van der Waals surface area contributed by atoms with E-state index in [4.69, 9.17) is 4.42 Å². The van der Waals surface area contributed by atoms with Gasteiger partial charge in [-0.1, -0.05) is 20.8 Å². The van der Waals surface area contributed by atoms with Crippen LogP contribution in [0.1, 0.15) is 36.1 Å². The number of thiazole rings is 1. The maximum absolute atomic E-state index is 12.8. The van der Waals surface area contributed by atoms with Gasteiger partial charge in [-0.25, -0.2) is 4.98 Å². The SMILES string of the molecule is Cc1sc(-c2ccco2)nc1C(=O)N1CCN(C(=O)C(C)(C)C)CC1. The summed E-state index contributed by atoms with van der Waals surface area (Å²) in [5, 5.41) is 0.715. The van der Waals surface area contributed by atoms with Gasteiger partial charge >= 0.3 is 0 Å². The molecular formula is C18H23N3O3S. The van der Waals surface area contributed by atoms with Crippen LogP contribution in [0, 0.1) is 12.3 Å². The first kappa shape index (κ1) is 17.7. The van der Waals surface area contributed by atoms with Crippen molar-refractivity contribution in [2.24, 2.45) is 5.41 Å². The summed E-state index contributed by atoms with van der Waals surface area (Å²) in [5.74, 6) is 0.728. The molecule has 0 atom stereocenters. The molecule has 0 spiro atoms. The number of piperazine rings is 1. The maximum Gasteiger partial charge on any atom is 0.273 e. The average Bonchev–Trinajstić information content (AvgIpc) is 3.22. The Labute approximate surface area is 151 Å². The van der Waals surface area contributed by atoms with Gasteiger partial charge in [0.25, 0.3) is 5.91 Å². The molecule has 25 heavy (non-hydrogen) atoms. The number of carbonyl (C=O) groups excluding carboxylic acids is 2. The zero-order valence-electron chi connectivity index (χ0n) is 15.0. The third-order valence-corrected chi connectivity index (χ3v) is 5.21. The summed E-state index contributed by atoms with van der Waals surface area (Å²) in [6.45, 7) is 9.86. The molecule has 0 unspecified atom stereocenters. The first-order valence-corrected chi connectivity index (χ1v) is 9.19. The number of furan rings is 1. The molecule has 0 aromatic carbocycles. The fourth-order valence-electron chi connectivity index (χ4n) is 2.84. The zero-order chi connectivity index (χ0) is 18.2. The highest BCUT2D eigenvalue weighted by Gasteiger charge is 2.32. The fourth-order valence-corrected chi connectivity index (χ4v) is 3.71. The summed E-state index contributed by atoms with van der Waals surface area (Å²) < 4.78 is 5.36. The van der Waals surface area contributed by atoms with E-state index in [9.17, 15) is 9.59 Å². The molecule has 0 N–H and O–H groups in total. The highest BCUT2D eigenvalue weighted by atomic mass is 32.1. The number of aromatic nitrogens is 1. The van der Waals surface area contributed by atoms with Gasteiger partial charge in [-0.05, 0) is 19.1 Å². The van der Waals surface area contributed by atoms with E-state index in [-0.39, 0.29) is 11.8 Å². The fraction of sp³-hybridized carbons (Fsp3) is 0.500. The summed E-state index contributed by atoms with van der Waals surface area (Å²) in [5.41, 5.74) is 0.0855. The summed E-state index contributed by atoms with van der Waals surface area (Å²) in [6.07, 6.45) is 1.60. The van der Waals surface area contributed by atoms with E-state index in [2.05, 4.69) is 4.98 Å². The van der Waals surface area contributed by atoms with E-state index in [1.807, 2.05) is 38.7 Å². The van der Waals surface area contributed by atoms with Crippen LogP contribution in [-0.4, -0.2) is 52.8 Å². The Kier molecular flexibility index (Phi) is 4.69. The normalized spacial score (nSPS) is 15.5. The standard InChI is InChI=1S/C18H23N3O3S/c1-12-14(19-15(25-12)13-6-5-11-24-13)16(22)20-7-9-21(10-8-20)17(23)18(2,3)4/h5-6,11H,7-10H2,1-4H3. The van der Waals surface area contributed by atoms with Gasteiger partial charge in [-0.2, -0.15) is 0 Å². The number of nitrogens with zero attached hydrogens (tertiary/aromatic N) is 3. The predicted octanol–water partition coefficient (Wildman–Crippen LogP) is 3.04. The minimum atomic E-state index is -0.393. The lowest BCUT2D eigenvalue weighted by molar-refractivity contribution is -0.140. The highest BCUT2D eigenvalue weighted by Crippen LogP contribution is 2.29. The van der Waals surface area contributed by atoms with Crippen LogP contribution in [0.15, 0.2) is 22.8 Å². The smallest absolute Gasteiger partial charge is 0.273 e. The lowest BCUT2D eigenvalue weighted by Crippen LogP contribution is -2.53. The Balaban J connectivity index is 1.68. The number of aryl methyl sites for hydroxylation is 1. The molecule has 0 saturated carbocycles. The van der Waals surface area contributed by atoms with Gasteiger partial charge in [-0.15, -0.1) is 11.3 Å². The molecule has 0 bridgehead atoms. The second-order valence-corrected chi connectivity index (χ2v) is 8.44. The monoisotopic (exact) mass is 361 g/mol. The first-order chi connectivity index (χ1) is 11.8. The van der Waals surface area contributed by atoms with Crippen molar-refractivity contribution in [2.75, 3.05) is 26.2 Å². The molecule has 1 saturated heterocycles. The molecule has 1 aliphatic rings. The van der Waals surface area contributed by atoms with Crippen LogP contribution in [0.5, 0.6) is 0 Å². The topological polar surface area (TPSA) is 66.7 Å². The zero-order valence-corrected chi connectivity index (χ0v) is 15.9. The first-order valence-electron chi connectivity index (χ1n) is 8.37. The molecule has 2 aromatic heterocycles. The number of rotatable bonds is 2. The Morgan fingerprint density at radius 2 is 1.80 bits per heavy atom. The third-order valence-electron chi connectivity index (χ3n) is 4.23. The van der Waals surface area contributed by atoms with Crippen molar-refractivity contribution in [1.29, 1.82) is 0 Å². The molecule has 3 heterocycles. The molecule has 2 aromatic rings. The number of amides is 2. The summed E-state index contributed by atoms with van der Waals surface area (Å²) in [7, 11) is 0. The van der Waals surface area contributed by atoms with Crippen molar-refractivity contribution in [3.63, 3.8) is 0 Å². The van der Waals surface area contributed by atoms with E-state index in [1.165, 1.54) is 11.3 Å². The molecule has 6 nitrogen and oxygen atoms in total. The minimum Gasteiger partial charge on any atom is -0.462 e. The van der Waals surface area contributed by atoms with Gasteiger partial charge in [0.2, 0.25) is 5.91 Å². The molecule has 134 valence electrons. The maximum atomic E-state index is 12.8. The van der Waals surface area contributed by atoms with Crippen molar-refractivity contribution in [3.05, 3.63) is 29.0 Å². The summed E-state index contributed by atoms with van der Waals surface area (Å²) in [4.78, 5) is 34.1. The number of carbonyl (C=O) groups is 2. The highest BCUT2D eigenvalue weighted by molar-refractivity contribution is 7.15. The molecule has 1 fully saturated rings. The Morgan fingerprint density at radius 3 is 2.36 bits per heavy atom. The van der Waals surface area contributed by atoms with E-state index in [0.29, 0.717) is 42.6 Å². The molecule has 0 radical (unpaired) electrons. The second kappa shape index (κ2) is 6.63. The van der Waals surface area contributed by atoms with E-state index in [0.717, 1.165) is 4.88 Å². The minimum absolute atomic E-state index is 0.0746. The van der Waals surface area contributed by atoms with Gasteiger partial charge in [0, 0.05) is 36.5 Å². The van der Waals surface area contributed by atoms with Crippen LogP contribution in [0.4, 0.5) is 0 Å². The predicted molar refractivity (Wildman–Crippen MR) is 96.5 cm³/mol. The lowest BCUT2D eigenvalue weighted by Gasteiger charge is -2.37. The van der Waals surface area contributed by atoms with Crippen molar-refractivity contribution in [2.45, 2.75) is 27.7 Å². The van der Waals surface area contributed by atoms with Crippen molar-refractivity contribution < 1.29 is 14.0 Å². The average molecular weight is 361 g/mol. The Hall–Kier alpha value is -2.15. The van der Waals surface area contributed by atoms with Crippen LogP contribution in [0.25, 0.3) is 10.8 Å². The number of hydrogen-bond acceptors (Lipinski definition) is 5. The second-order valence-electron chi connectivity index (χ2n) is 7.24. The summed E-state index contributed by atoms with van der Waals surface area (Å²) >= 11 is 1.46. The van der Waals surface area contributed by atoms with E-state index >= 15 is 0 Å². The van der Waals surface area contributed by atoms with Gasteiger partial charge < -0.3 is 14.2 Å². The van der Waals surface area contributed by atoms with Crippen LogP contribution < -0.4 is 0 Å². The van der Waals surface area contributed by atoms with Crippen molar-refractivity contribution in [3.8, 4) is 10.8 Å².